The van der Waals surface area contributed by atoms with Crippen LogP contribution in [-0.2, 0) is 22.6 Å². The van der Waals surface area contributed by atoms with Crippen molar-refractivity contribution < 1.29 is 19.2 Å². The van der Waals surface area contributed by atoms with Gasteiger partial charge in [0.2, 0.25) is 11.8 Å². The van der Waals surface area contributed by atoms with E-state index in [2.05, 4.69) is 26.0 Å². The van der Waals surface area contributed by atoms with Crippen molar-refractivity contribution in [3.63, 3.8) is 0 Å². The molecule has 2 aliphatic rings. The van der Waals surface area contributed by atoms with Gasteiger partial charge < -0.3 is 26.6 Å². The minimum Gasteiger partial charge on any atom is -0.364 e. The van der Waals surface area contributed by atoms with Crippen LogP contribution in [-0.4, -0.2) is 55.5 Å². The number of benzene rings is 2. The highest BCUT2D eigenvalue weighted by Crippen LogP contribution is 2.43. The summed E-state index contributed by atoms with van der Waals surface area (Å²) in [4.78, 5) is 58.2. The number of nitrogens with one attached hydrogen (secondary N) is 3. The highest BCUT2D eigenvalue weighted by atomic mass is 16.2. The fraction of sp³-hybridized carbons (Fsp3) is 0.312. The summed E-state index contributed by atoms with van der Waals surface area (Å²) in [7, 11) is 0. The lowest BCUT2D eigenvalue weighted by Crippen LogP contribution is -2.52. The molecule has 12 nitrogen and oxygen atoms in total. The molecule has 4 aromatic rings. The van der Waals surface area contributed by atoms with Crippen LogP contribution in [0.3, 0.4) is 0 Å². The number of nitrogens with two attached hydrogens (primary N) is 1. The molecule has 0 unspecified atom stereocenters. The Balaban J connectivity index is 1.21. The number of rotatable bonds is 8. The average molecular weight is 595 g/mol. The molecule has 0 radical (unpaired) electrons. The van der Waals surface area contributed by atoms with Gasteiger partial charge in [0.25, 0.3) is 5.91 Å². The third kappa shape index (κ3) is 5.70. The predicted molar refractivity (Wildman–Crippen MR) is 166 cm³/mol. The standard InChI is InChI=1S/C32H34N8O4/c1-3-19-7-5-8-21(14-19)35-32(44)36-22-11-13-25-24(16-22)28(30(33)42)38-39(25)17-27(41)40-23-12-10-20(15-23)29(40)31(43)37-26-9-4-6-18(2)34-26/h4-9,11,13-14,16,20,23,29H,3,10,12,15,17H2,1-2H3,(H2,33,42)(H,34,37,43)(H2,35,36,44)/t20-,23+,29-/m0/s1. The fourth-order valence-electron chi connectivity index (χ4n) is 6.43. The number of amides is 5. The zero-order chi connectivity index (χ0) is 31.0. The number of carbonyl (C=O) groups excluding carboxylic acids is 4. The van der Waals surface area contributed by atoms with Crippen LogP contribution in [0.2, 0.25) is 0 Å². The van der Waals surface area contributed by atoms with Gasteiger partial charge in [0, 0.05) is 28.5 Å². The predicted octanol–water partition coefficient (Wildman–Crippen LogP) is 4.06. The highest BCUT2D eigenvalue weighted by molar-refractivity contribution is 6.07. The number of primary amides is 1. The summed E-state index contributed by atoms with van der Waals surface area (Å²) in [6.45, 7) is 3.70. The number of likely N-dealkylation sites (tertiary alicyclic amines) is 1. The van der Waals surface area contributed by atoms with Crippen LogP contribution in [0.25, 0.3) is 10.9 Å². The van der Waals surface area contributed by atoms with E-state index in [0.717, 1.165) is 36.9 Å². The summed E-state index contributed by atoms with van der Waals surface area (Å²) in [5.41, 5.74) is 9.09. The number of hydrogen-bond acceptors (Lipinski definition) is 6. The number of fused-ring (bicyclic) bond motifs is 3. The van der Waals surface area contributed by atoms with Gasteiger partial charge in [0.1, 0.15) is 18.4 Å². The Kier molecular flexibility index (Phi) is 7.73. The lowest BCUT2D eigenvalue weighted by Gasteiger charge is -2.34. The van der Waals surface area contributed by atoms with Crippen molar-refractivity contribution >= 4 is 51.8 Å². The maximum Gasteiger partial charge on any atom is 0.323 e. The topological polar surface area (TPSA) is 164 Å². The van der Waals surface area contributed by atoms with E-state index in [0.29, 0.717) is 28.1 Å². The van der Waals surface area contributed by atoms with Gasteiger partial charge in [-0.1, -0.05) is 25.1 Å². The van der Waals surface area contributed by atoms with E-state index in [1.54, 1.807) is 35.2 Å². The summed E-state index contributed by atoms with van der Waals surface area (Å²) in [5.74, 6) is -0.786. The minimum atomic E-state index is -0.762. The molecular formula is C32H34N8O4. The van der Waals surface area contributed by atoms with E-state index < -0.39 is 18.0 Å². The second-order valence-electron chi connectivity index (χ2n) is 11.4. The van der Waals surface area contributed by atoms with Crippen LogP contribution in [0.5, 0.6) is 0 Å². The van der Waals surface area contributed by atoms with Gasteiger partial charge in [-0.05, 0) is 86.6 Å². The largest absolute Gasteiger partial charge is 0.364 e. The van der Waals surface area contributed by atoms with E-state index in [4.69, 9.17) is 5.73 Å². The first-order chi connectivity index (χ1) is 21.2. The summed E-state index contributed by atoms with van der Waals surface area (Å²) < 4.78 is 1.43. The van der Waals surface area contributed by atoms with E-state index in [1.165, 1.54) is 4.68 Å². The second-order valence-corrected chi connectivity index (χ2v) is 11.4. The average Bonchev–Trinajstić information content (AvgIpc) is 3.71. The number of urea groups is 1. The molecule has 1 aliphatic carbocycles. The van der Waals surface area contributed by atoms with Crippen LogP contribution < -0.4 is 21.7 Å². The number of nitrogens with zero attached hydrogens (tertiary/aromatic N) is 4. The summed E-state index contributed by atoms with van der Waals surface area (Å²) in [6.07, 6.45) is 3.30. The SMILES string of the molecule is CCc1cccc(NC(=O)Nc2ccc3c(c2)c(C(N)=O)nn3CC(=O)N2[C@@H]3CC[C@@H](C3)[C@H]2C(=O)Nc2cccc(C)n2)c1. The van der Waals surface area contributed by atoms with Crippen molar-refractivity contribution in [2.24, 2.45) is 11.7 Å². The highest BCUT2D eigenvalue weighted by Gasteiger charge is 2.51. The number of aromatic nitrogens is 3. The zero-order valence-corrected chi connectivity index (χ0v) is 24.5. The first-order valence-electron chi connectivity index (χ1n) is 14.7. The van der Waals surface area contributed by atoms with Gasteiger partial charge in [-0.25, -0.2) is 9.78 Å². The van der Waals surface area contributed by atoms with Crippen LogP contribution in [0, 0.1) is 12.8 Å². The number of aryl methyl sites for hydroxylation is 2. The van der Waals surface area contributed by atoms with Crippen molar-refractivity contribution in [1.82, 2.24) is 19.7 Å². The van der Waals surface area contributed by atoms with Crippen molar-refractivity contribution in [2.45, 2.75) is 58.2 Å². The van der Waals surface area contributed by atoms with Crippen LogP contribution in [0.1, 0.15) is 47.9 Å². The summed E-state index contributed by atoms with van der Waals surface area (Å²) in [6, 6.07) is 16.8. The van der Waals surface area contributed by atoms with E-state index in [1.807, 2.05) is 44.2 Å². The summed E-state index contributed by atoms with van der Waals surface area (Å²) >= 11 is 0. The molecular weight excluding hydrogens is 560 g/mol. The van der Waals surface area contributed by atoms with Crippen molar-refractivity contribution in [3.05, 3.63) is 77.6 Å². The molecule has 3 heterocycles. The molecule has 5 N–H and O–H groups in total. The molecule has 3 atom stereocenters. The lowest BCUT2D eigenvalue weighted by molar-refractivity contribution is -0.141. The Morgan fingerprint density at radius 3 is 2.48 bits per heavy atom. The van der Waals surface area contributed by atoms with Gasteiger partial charge in [-0.15, -0.1) is 0 Å². The quantitative estimate of drug-likeness (QED) is 0.240. The van der Waals surface area contributed by atoms with E-state index >= 15 is 0 Å². The maximum atomic E-state index is 13.8. The molecule has 226 valence electrons. The number of carbonyl (C=O) groups is 4. The normalized spacial score (nSPS) is 18.8. The Hall–Kier alpha value is -5.26. The first-order valence-corrected chi connectivity index (χ1v) is 14.7. The van der Waals surface area contributed by atoms with Crippen LogP contribution >= 0.6 is 0 Å². The lowest BCUT2D eigenvalue weighted by atomic mass is 9.97. The molecule has 2 aromatic carbocycles. The first kappa shape index (κ1) is 28.8. The van der Waals surface area contributed by atoms with Gasteiger partial charge in [-0.2, -0.15) is 5.10 Å². The van der Waals surface area contributed by atoms with Gasteiger partial charge >= 0.3 is 6.03 Å². The number of hydrogen-bond donors (Lipinski definition) is 4. The molecule has 2 aromatic heterocycles. The smallest absolute Gasteiger partial charge is 0.323 e. The Morgan fingerprint density at radius 2 is 1.73 bits per heavy atom. The molecule has 2 bridgehead atoms. The van der Waals surface area contributed by atoms with Gasteiger partial charge in [0.05, 0.1) is 5.52 Å². The molecule has 12 heteroatoms. The van der Waals surface area contributed by atoms with Crippen LogP contribution in [0.4, 0.5) is 22.0 Å². The number of piperidine rings is 1. The maximum absolute atomic E-state index is 13.8. The molecule has 2 fully saturated rings. The number of anilines is 3. The zero-order valence-electron chi connectivity index (χ0n) is 24.5. The monoisotopic (exact) mass is 594 g/mol. The second kappa shape index (κ2) is 11.8. The molecule has 1 aliphatic heterocycles. The summed E-state index contributed by atoms with van der Waals surface area (Å²) in [5, 5.41) is 13.2. The van der Waals surface area contributed by atoms with Crippen molar-refractivity contribution in [2.75, 3.05) is 16.0 Å². The molecule has 1 saturated carbocycles. The van der Waals surface area contributed by atoms with Crippen molar-refractivity contribution in [1.29, 1.82) is 0 Å². The van der Waals surface area contributed by atoms with E-state index in [-0.39, 0.29) is 36.0 Å². The molecule has 6 rings (SSSR count). The van der Waals surface area contributed by atoms with Crippen molar-refractivity contribution in [3.8, 4) is 0 Å². The Bertz CT molecular complexity index is 1780. The number of pyridine rings is 1. The molecule has 44 heavy (non-hydrogen) atoms. The molecule has 1 saturated heterocycles. The Labute approximate surface area is 254 Å². The molecule has 0 spiro atoms. The van der Waals surface area contributed by atoms with Gasteiger partial charge in [-0.3, -0.25) is 19.1 Å². The van der Waals surface area contributed by atoms with Gasteiger partial charge in [0.15, 0.2) is 5.69 Å². The van der Waals surface area contributed by atoms with Crippen LogP contribution in [0.15, 0.2) is 60.7 Å². The third-order valence-electron chi connectivity index (χ3n) is 8.40. The fourth-order valence-corrected chi connectivity index (χ4v) is 6.43. The molecule has 5 amide bonds. The van der Waals surface area contributed by atoms with E-state index in [9.17, 15) is 19.2 Å². The third-order valence-corrected chi connectivity index (χ3v) is 8.40. The Morgan fingerprint density at radius 1 is 0.955 bits per heavy atom. The minimum absolute atomic E-state index is 0.0183.